The fourth-order valence-electron chi connectivity index (χ4n) is 2.71. The van der Waals surface area contributed by atoms with Gasteiger partial charge in [-0.15, -0.1) is 0 Å². The average Bonchev–Trinajstić information content (AvgIpc) is 3.04. The van der Waals surface area contributed by atoms with E-state index in [9.17, 15) is 4.79 Å². The Morgan fingerprint density at radius 1 is 1.48 bits per heavy atom. The summed E-state index contributed by atoms with van der Waals surface area (Å²) in [5.41, 5.74) is -0.650. The highest BCUT2D eigenvalue weighted by atomic mass is 16.6. The molecule has 6 heteroatoms. The Balaban J connectivity index is 1.76. The molecule has 0 aromatic carbocycles. The van der Waals surface area contributed by atoms with Crippen LogP contribution in [0.25, 0.3) is 0 Å². The average molecular weight is 300 g/mol. The number of methoxy groups -OCH3 is 1. The fourth-order valence-corrected chi connectivity index (χ4v) is 2.71. The number of hydrogen-bond acceptors (Lipinski definition) is 5. The van der Waals surface area contributed by atoms with Gasteiger partial charge < -0.3 is 24.4 Å². The largest absolute Gasteiger partial charge is 0.444 e. The Morgan fingerprint density at radius 3 is 2.81 bits per heavy atom. The van der Waals surface area contributed by atoms with Gasteiger partial charge in [-0.3, -0.25) is 0 Å². The first-order chi connectivity index (χ1) is 9.84. The Hall–Kier alpha value is -0.850. The van der Waals surface area contributed by atoms with Crippen LogP contribution in [-0.4, -0.2) is 68.2 Å². The van der Waals surface area contributed by atoms with E-state index in [0.29, 0.717) is 19.2 Å². The second kappa shape index (κ2) is 6.50. The van der Waals surface area contributed by atoms with Crippen molar-refractivity contribution in [3.8, 4) is 0 Å². The molecule has 2 saturated heterocycles. The Morgan fingerprint density at radius 2 is 2.24 bits per heavy atom. The molecular weight excluding hydrogens is 272 g/mol. The number of carbonyl (C=O) groups is 1. The van der Waals surface area contributed by atoms with Gasteiger partial charge in [-0.25, -0.2) is 4.79 Å². The van der Waals surface area contributed by atoms with Crippen LogP contribution in [0.2, 0.25) is 0 Å². The lowest BCUT2D eigenvalue weighted by atomic mass is 10.0. The molecule has 6 nitrogen and oxygen atoms in total. The molecule has 0 spiro atoms. The molecule has 2 unspecified atom stereocenters. The molecule has 21 heavy (non-hydrogen) atoms. The molecule has 0 aromatic rings. The van der Waals surface area contributed by atoms with Gasteiger partial charge in [-0.2, -0.15) is 0 Å². The van der Waals surface area contributed by atoms with E-state index < -0.39 is 5.60 Å². The van der Waals surface area contributed by atoms with Gasteiger partial charge in [0.15, 0.2) is 0 Å². The molecule has 0 bridgehead atoms. The third kappa shape index (κ3) is 4.56. The van der Waals surface area contributed by atoms with E-state index in [2.05, 4.69) is 5.32 Å². The van der Waals surface area contributed by atoms with Crippen molar-refractivity contribution in [2.24, 2.45) is 0 Å². The molecule has 2 fully saturated rings. The summed E-state index contributed by atoms with van der Waals surface area (Å²) in [5, 5.41) is 3.51. The zero-order valence-corrected chi connectivity index (χ0v) is 13.6. The molecule has 2 aliphatic heterocycles. The minimum absolute atomic E-state index is 0.209. The van der Waals surface area contributed by atoms with Crippen LogP contribution in [0.3, 0.4) is 0 Å². The van der Waals surface area contributed by atoms with Crippen LogP contribution in [-0.2, 0) is 14.2 Å². The minimum Gasteiger partial charge on any atom is -0.444 e. The molecule has 0 saturated carbocycles. The summed E-state index contributed by atoms with van der Waals surface area (Å²) < 4.78 is 16.4. The second-order valence-electron chi connectivity index (χ2n) is 6.98. The van der Waals surface area contributed by atoms with Gasteiger partial charge in [0.25, 0.3) is 0 Å². The fraction of sp³-hybridized carbons (Fsp3) is 0.933. The zero-order valence-electron chi connectivity index (χ0n) is 13.6. The van der Waals surface area contributed by atoms with Crippen molar-refractivity contribution in [1.29, 1.82) is 0 Å². The molecule has 2 heterocycles. The molecule has 0 aliphatic carbocycles. The van der Waals surface area contributed by atoms with Crippen LogP contribution in [0.5, 0.6) is 0 Å². The highest BCUT2D eigenvalue weighted by molar-refractivity contribution is 5.68. The van der Waals surface area contributed by atoms with E-state index in [1.54, 1.807) is 12.0 Å². The highest BCUT2D eigenvalue weighted by Crippen LogP contribution is 2.22. The maximum Gasteiger partial charge on any atom is 0.410 e. The molecule has 2 atom stereocenters. The lowest BCUT2D eigenvalue weighted by Crippen LogP contribution is -2.47. The Kier molecular flexibility index (Phi) is 5.11. The lowest BCUT2D eigenvalue weighted by Gasteiger charge is -2.28. The van der Waals surface area contributed by atoms with Gasteiger partial charge in [-0.05, 0) is 27.2 Å². The van der Waals surface area contributed by atoms with Crippen molar-refractivity contribution >= 4 is 6.09 Å². The van der Waals surface area contributed by atoms with Crippen LogP contribution < -0.4 is 5.32 Å². The van der Waals surface area contributed by atoms with Gasteiger partial charge in [-0.1, -0.05) is 0 Å². The topological polar surface area (TPSA) is 60.0 Å². The van der Waals surface area contributed by atoms with E-state index in [1.165, 1.54) is 0 Å². The number of nitrogens with zero attached hydrogens (tertiary/aromatic N) is 1. The summed E-state index contributed by atoms with van der Waals surface area (Å²) in [6, 6.07) is 0.296. The summed E-state index contributed by atoms with van der Waals surface area (Å²) in [6.45, 7) is 9.25. The first kappa shape index (κ1) is 16.5. The number of likely N-dealkylation sites (tertiary alicyclic amines) is 1. The van der Waals surface area contributed by atoms with Crippen LogP contribution in [0.4, 0.5) is 4.79 Å². The normalized spacial score (nSPS) is 29.9. The first-order valence-electron chi connectivity index (χ1n) is 7.68. The van der Waals surface area contributed by atoms with E-state index in [1.807, 2.05) is 20.8 Å². The van der Waals surface area contributed by atoms with E-state index in [4.69, 9.17) is 14.2 Å². The molecule has 1 amide bonds. The number of hydrogen-bond donors (Lipinski definition) is 1. The lowest BCUT2D eigenvalue weighted by molar-refractivity contribution is -0.0173. The zero-order chi connectivity index (χ0) is 15.5. The van der Waals surface area contributed by atoms with Gasteiger partial charge in [0.05, 0.1) is 6.61 Å². The van der Waals surface area contributed by atoms with E-state index in [0.717, 1.165) is 32.5 Å². The molecule has 2 rings (SSSR count). The van der Waals surface area contributed by atoms with Crippen molar-refractivity contribution in [3.05, 3.63) is 0 Å². The second-order valence-corrected chi connectivity index (χ2v) is 6.98. The maximum absolute atomic E-state index is 12.0. The van der Waals surface area contributed by atoms with Crippen LogP contribution in [0.1, 0.15) is 33.6 Å². The van der Waals surface area contributed by atoms with Crippen LogP contribution in [0.15, 0.2) is 0 Å². The number of ether oxygens (including phenoxy) is 3. The third-order valence-electron chi connectivity index (χ3n) is 4.05. The predicted octanol–water partition coefficient (Wildman–Crippen LogP) is 1.39. The standard InChI is InChI=1S/C15H28N2O4/c1-14(2,3)21-13(18)17-7-5-12(9-17)16-10-15(19-4)6-8-20-11-15/h12,16H,5-11H2,1-4H3. The van der Waals surface area contributed by atoms with Gasteiger partial charge in [0.1, 0.15) is 11.2 Å². The number of nitrogens with one attached hydrogen (secondary N) is 1. The Bertz CT molecular complexity index is 361. The third-order valence-corrected chi connectivity index (χ3v) is 4.05. The SMILES string of the molecule is COC1(CNC2CCN(C(=O)OC(C)(C)C)C2)CCOC1. The van der Waals surface area contributed by atoms with Crippen molar-refractivity contribution in [1.82, 2.24) is 10.2 Å². The molecule has 0 aromatic heterocycles. The summed E-state index contributed by atoms with van der Waals surface area (Å²) >= 11 is 0. The number of amides is 1. The quantitative estimate of drug-likeness (QED) is 0.850. The molecule has 2 aliphatic rings. The highest BCUT2D eigenvalue weighted by Gasteiger charge is 2.36. The summed E-state index contributed by atoms with van der Waals surface area (Å²) in [4.78, 5) is 13.8. The summed E-state index contributed by atoms with van der Waals surface area (Å²) in [6.07, 6.45) is 1.64. The Labute approximate surface area is 127 Å². The smallest absolute Gasteiger partial charge is 0.410 e. The summed E-state index contributed by atoms with van der Waals surface area (Å²) in [5.74, 6) is 0. The predicted molar refractivity (Wildman–Crippen MR) is 79.4 cm³/mol. The van der Waals surface area contributed by atoms with Crippen LogP contribution in [0, 0.1) is 0 Å². The first-order valence-corrected chi connectivity index (χ1v) is 7.68. The summed E-state index contributed by atoms with van der Waals surface area (Å²) in [7, 11) is 1.73. The number of carbonyl (C=O) groups excluding carboxylic acids is 1. The molecule has 122 valence electrons. The molecule has 0 radical (unpaired) electrons. The van der Waals surface area contributed by atoms with Gasteiger partial charge >= 0.3 is 6.09 Å². The van der Waals surface area contributed by atoms with E-state index >= 15 is 0 Å². The van der Waals surface area contributed by atoms with Crippen molar-refractivity contribution in [2.45, 2.75) is 50.9 Å². The van der Waals surface area contributed by atoms with Gasteiger partial charge in [0, 0.05) is 45.8 Å². The molecular formula is C15H28N2O4. The minimum atomic E-state index is -0.441. The number of rotatable bonds is 4. The molecule has 1 N–H and O–H groups in total. The van der Waals surface area contributed by atoms with Gasteiger partial charge in [0.2, 0.25) is 0 Å². The van der Waals surface area contributed by atoms with Crippen molar-refractivity contribution in [2.75, 3.05) is 40.0 Å². The maximum atomic E-state index is 12.0. The van der Waals surface area contributed by atoms with E-state index in [-0.39, 0.29) is 11.7 Å². The van der Waals surface area contributed by atoms with Crippen LogP contribution >= 0.6 is 0 Å². The van der Waals surface area contributed by atoms with Crippen molar-refractivity contribution in [3.63, 3.8) is 0 Å². The van der Waals surface area contributed by atoms with Crippen molar-refractivity contribution < 1.29 is 19.0 Å². The monoisotopic (exact) mass is 300 g/mol.